The zero-order valence-electron chi connectivity index (χ0n) is 12.6. The van der Waals surface area contributed by atoms with E-state index in [9.17, 15) is 4.79 Å². The maximum atomic E-state index is 11.5. The third-order valence-corrected chi connectivity index (χ3v) is 2.29. The van der Waals surface area contributed by atoms with Gasteiger partial charge in [-0.15, -0.1) is 0 Å². The highest BCUT2D eigenvalue weighted by Crippen LogP contribution is 2.12. The van der Waals surface area contributed by atoms with Crippen molar-refractivity contribution in [3.05, 3.63) is 29.8 Å². The van der Waals surface area contributed by atoms with E-state index >= 15 is 0 Å². The third kappa shape index (κ3) is 6.43. The lowest BCUT2D eigenvalue weighted by Gasteiger charge is -2.18. The Morgan fingerprint density at radius 2 is 1.95 bits per heavy atom. The smallest absolute Gasteiger partial charge is 0.428 e. The lowest BCUT2D eigenvalue weighted by Crippen LogP contribution is -2.30. The molecule has 21 heavy (non-hydrogen) atoms. The van der Waals surface area contributed by atoms with E-state index in [0.29, 0.717) is 11.5 Å². The molecule has 0 fully saturated rings. The highest BCUT2D eigenvalue weighted by molar-refractivity contribution is 5.99. The van der Waals surface area contributed by atoms with Crippen molar-refractivity contribution >= 4 is 11.8 Å². The van der Waals surface area contributed by atoms with Crippen molar-refractivity contribution < 1.29 is 14.3 Å². The van der Waals surface area contributed by atoms with Crippen LogP contribution in [0.15, 0.2) is 29.4 Å². The van der Waals surface area contributed by atoms with Crippen LogP contribution in [-0.4, -0.2) is 24.0 Å². The van der Waals surface area contributed by atoms with Gasteiger partial charge in [-0.1, -0.05) is 0 Å². The molecule has 0 saturated heterocycles. The first-order valence-corrected chi connectivity index (χ1v) is 6.45. The molecule has 1 rings (SSSR count). The van der Waals surface area contributed by atoms with Crippen molar-refractivity contribution in [3.8, 4) is 11.8 Å². The Morgan fingerprint density at radius 1 is 1.33 bits per heavy atom. The van der Waals surface area contributed by atoms with E-state index in [1.807, 2.05) is 6.07 Å². The van der Waals surface area contributed by atoms with Crippen LogP contribution in [0.25, 0.3) is 0 Å². The molecule has 1 aromatic rings. The van der Waals surface area contributed by atoms with Gasteiger partial charge in [0.2, 0.25) is 0 Å². The van der Waals surface area contributed by atoms with E-state index < -0.39 is 11.7 Å². The summed E-state index contributed by atoms with van der Waals surface area (Å²) in [6.07, 6.45) is -0.601. The Bertz CT molecular complexity index is 551. The second-order valence-corrected chi connectivity index (χ2v) is 5.28. The quantitative estimate of drug-likeness (QED) is 0.682. The van der Waals surface area contributed by atoms with Crippen LogP contribution in [0.4, 0.5) is 4.79 Å². The SMILES string of the molecule is C/C(=N/NC(=O)OC(C)(C)C)c1ccc(OCC#N)cc1. The zero-order valence-corrected chi connectivity index (χ0v) is 12.6. The molecule has 0 spiro atoms. The molecule has 0 atom stereocenters. The molecule has 0 aromatic heterocycles. The van der Waals surface area contributed by atoms with Crippen LogP contribution in [0.3, 0.4) is 0 Å². The predicted octanol–water partition coefficient (Wildman–Crippen LogP) is 2.84. The van der Waals surface area contributed by atoms with Crippen molar-refractivity contribution in [2.24, 2.45) is 5.10 Å². The molecule has 112 valence electrons. The maximum absolute atomic E-state index is 11.5. The normalized spacial score (nSPS) is 11.5. The molecular weight excluding hydrogens is 270 g/mol. The molecule has 1 aromatic carbocycles. The number of hydrogen-bond donors (Lipinski definition) is 1. The van der Waals surface area contributed by atoms with Crippen LogP contribution in [0, 0.1) is 11.3 Å². The van der Waals surface area contributed by atoms with Crippen LogP contribution in [-0.2, 0) is 4.74 Å². The lowest BCUT2D eigenvalue weighted by atomic mass is 10.1. The summed E-state index contributed by atoms with van der Waals surface area (Å²) in [6, 6.07) is 8.96. The minimum atomic E-state index is -0.601. The molecule has 0 radical (unpaired) electrons. The number of amides is 1. The minimum absolute atomic E-state index is 0.00657. The first-order valence-electron chi connectivity index (χ1n) is 6.45. The summed E-state index contributed by atoms with van der Waals surface area (Å²) < 4.78 is 10.2. The van der Waals surface area contributed by atoms with Crippen molar-refractivity contribution in [2.75, 3.05) is 6.61 Å². The number of nitriles is 1. The van der Waals surface area contributed by atoms with Gasteiger partial charge < -0.3 is 9.47 Å². The first kappa shape index (κ1) is 16.5. The van der Waals surface area contributed by atoms with Gasteiger partial charge in [-0.3, -0.25) is 0 Å². The van der Waals surface area contributed by atoms with Crippen LogP contribution in [0.2, 0.25) is 0 Å². The highest BCUT2D eigenvalue weighted by Gasteiger charge is 2.15. The molecule has 0 unspecified atom stereocenters. The summed E-state index contributed by atoms with van der Waals surface area (Å²) in [5.41, 5.74) is 3.24. The molecule has 0 aliphatic heterocycles. The Morgan fingerprint density at radius 3 is 2.48 bits per heavy atom. The van der Waals surface area contributed by atoms with Gasteiger partial charge in [-0.2, -0.15) is 10.4 Å². The fraction of sp³-hybridized carbons (Fsp3) is 0.400. The van der Waals surface area contributed by atoms with E-state index in [0.717, 1.165) is 5.56 Å². The molecule has 6 nitrogen and oxygen atoms in total. The van der Waals surface area contributed by atoms with Crippen LogP contribution >= 0.6 is 0 Å². The first-order chi connectivity index (χ1) is 9.81. The summed E-state index contributed by atoms with van der Waals surface area (Å²) in [6.45, 7) is 7.12. The van der Waals surface area contributed by atoms with E-state index in [2.05, 4.69) is 10.5 Å². The van der Waals surface area contributed by atoms with Crippen LogP contribution < -0.4 is 10.2 Å². The van der Waals surface area contributed by atoms with Gasteiger partial charge in [0.15, 0.2) is 6.61 Å². The van der Waals surface area contributed by atoms with E-state index in [-0.39, 0.29) is 6.61 Å². The summed E-state index contributed by atoms with van der Waals surface area (Å²) in [4.78, 5) is 11.5. The summed E-state index contributed by atoms with van der Waals surface area (Å²) >= 11 is 0. The van der Waals surface area contributed by atoms with Crippen molar-refractivity contribution in [2.45, 2.75) is 33.3 Å². The van der Waals surface area contributed by atoms with Gasteiger partial charge in [0.05, 0.1) is 5.71 Å². The Labute approximate surface area is 124 Å². The average molecular weight is 289 g/mol. The Kier molecular flexibility index (Phi) is 5.73. The molecule has 1 amide bonds. The maximum Gasteiger partial charge on any atom is 0.428 e. The number of carbonyl (C=O) groups excluding carboxylic acids is 1. The molecule has 1 N–H and O–H groups in total. The molecule has 0 saturated carbocycles. The van der Waals surface area contributed by atoms with Gasteiger partial charge >= 0.3 is 6.09 Å². The van der Waals surface area contributed by atoms with Crippen LogP contribution in [0.1, 0.15) is 33.3 Å². The number of nitrogens with one attached hydrogen (secondary N) is 1. The molecular formula is C15H19N3O3. The minimum Gasteiger partial charge on any atom is -0.479 e. The van der Waals surface area contributed by atoms with Crippen molar-refractivity contribution in [1.82, 2.24) is 5.43 Å². The van der Waals surface area contributed by atoms with Gasteiger partial charge in [0, 0.05) is 0 Å². The average Bonchev–Trinajstić information content (AvgIpc) is 2.41. The molecule has 0 aliphatic rings. The van der Waals surface area contributed by atoms with E-state index in [1.54, 1.807) is 52.0 Å². The second-order valence-electron chi connectivity index (χ2n) is 5.28. The van der Waals surface area contributed by atoms with Gasteiger partial charge in [-0.05, 0) is 57.5 Å². The lowest BCUT2D eigenvalue weighted by molar-refractivity contribution is 0.0529. The number of carbonyl (C=O) groups is 1. The summed E-state index contributed by atoms with van der Waals surface area (Å²) in [5.74, 6) is 0.605. The number of hydrazone groups is 1. The van der Waals surface area contributed by atoms with Gasteiger partial charge in [-0.25, -0.2) is 10.2 Å². The predicted molar refractivity (Wildman–Crippen MR) is 79.1 cm³/mol. The monoisotopic (exact) mass is 289 g/mol. The zero-order chi connectivity index (χ0) is 15.9. The van der Waals surface area contributed by atoms with Gasteiger partial charge in [0.25, 0.3) is 0 Å². The molecule has 0 aliphatic carbocycles. The molecule has 0 heterocycles. The van der Waals surface area contributed by atoms with Crippen LogP contribution in [0.5, 0.6) is 5.75 Å². The summed E-state index contributed by atoms with van der Waals surface area (Å²) in [5, 5.41) is 12.4. The topological polar surface area (TPSA) is 83.7 Å². The van der Waals surface area contributed by atoms with E-state index in [4.69, 9.17) is 14.7 Å². The summed E-state index contributed by atoms with van der Waals surface area (Å²) in [7, 11) is 0. The largest absolute Gasteiger partial charge is 0.479 e. The molecule has 6 heteroatoms. The standard InChI is InChI=1S/C15H19N3O3/c1-11(17-18-14(19)21-15(2,3)4)12-5-7-13(8-6-12)20-10-9-16/h5-8H,10H2,1-4H3,(H,18,19)/b17-11-. The fourth-order valence-electron chi connectivity index (χ4n) is 1.40. The van der Waals surface area contributed by atoms with Crippen molar-refractivity contribution in [3.63, 3.8) is 0 Å². The number of hydrogen-bond acceptors (Lipinski definition) is 5. The molecule has 0 bridgehead atoms. The third-order valence-electron chi connectivity index (χ3n) is 2.29. The van der Waals surface area contributed by atoms with Crippen molar-refractivity contribution in [1.29, 1.82) is 5.26 Å². The Balaban J connectivity index is 2.62. The number of ether oxygens (including phenoxy) is 2. The second kappa shape index (κ2) is 7.29. The van der Waals surface area contributed by atoms with Gasteiger partial charge in [0.1, 0.15) is 17.4 Å². The Hall–Kier alpha value is -2.55. The van der Waals surface area contributed by atoms with E-state index in [1.165, 1.54) is 0 Å². The number of nitrogens with zero attached hydrogens (tertiary/aromatic N) is 2. The fourth-order valence-corrected chi connectivity index (χ4v) is 1.40. The number of rotatable bonds is 4. The highest BCUT2D eigenvalue weighted by atomic mass is 16.6. The number of benzene rings is 1.